The van der Waals surface area contributed by atoms with Crippen molar-refractivity contribution in [2.45, 2.75) is 38.8 Å². The van der Waals surface area contributed by atoms with Gasteiger partial charge < -0.3 is 20.1 Å². The highest BCUT2D eigenvalue weighted by Gasteiger charge is 2.29. The van der Waals surface area contributed by atoms with E-state index < -0.39 is 46.0 Å². The molecule has 0 bridgehead atoms. The Hall–Kier alpha value is -4.15. The van der Waals surface area contributed by atoms with Crippen LogP contribution >= 0.6 is 23.2 Å². The maximum absolute atomic E-state index is 13.3. The van der Waals surface area contributed by atoms with E-state index in [2.05, 4.69) is 10.6 Å². The summed E-state index contributed by atoms with van der Waals surface area (Å²) in [4.78, 5) is 49.7. The van der Waals surface area contributed by atoms with Gasteiger partial charge in [0.1, 0.15) is 16.7 Å². The minimum Gasteiger partial charge on any atom is -0.444 e. The summed E-state index contributed by atoms with van der Waals surface area (Å²) < 4.78 is 10.8. The van der Waals surface area contributed by atoms with Gasteiger partial charge in [-0.3, -0.25) is 14.9 Å². The van der Waals surface area contributed by atoms with E-state index >= 15 is 0 Å². The molecule has 0 aliphatic heterocycles. The first kappa shape index (κ1) is 29.4. The number of halogens is 2. The van der Waals surface area contributed by atoms with Gasteiger partial charge in [0, 0.05) is 6.42 Å². The standard InChI is InChI=1S/C27H25Cl2N3O7/c1-27(2,3)39-26(35)31-21(13-16-9-5-4-6-10-16)25(34)38-23-15-22(32(36)37)19(29)14-17(23)24(33)30-20-12-8-7-11-18(20)28/h4-12,14-15,21H,13H2,1-3H3,(H,30,33)(H,31,35)/t21-/m0/s1. The van der Waals surface area contributed by atoms with Crippen molar-refractivity contribution >= 4 is 52.5 Å². The number of ether oxygens (including phenoxy) is 2. The second-order valence-corrected chi connectivity index (χ2v) is 10.1. The fourth-order valence-corrected chi connectivity index (χ4v) is 3.78. The lowest BCUT2D eigenvalue weighted by atomic mass is 10.1. The van der Waals surface area contributed by atoms with Gasteiger partial charge in [0.25, 0.3) is 11.6 Å². The lowest BCUT2D eigenvalue weighted by Gasteiger charge is -2.23. The Labute approximate surface area is 234 Å². The summed E-state index contributed by atoms with van der Waals surface area (Å²) in [6.07, 6.45) is -0.866. The van der Waals surface area contributed by atoms with Crippen LogP contribution in [0.5, 0.6) is 5.75 Å². The Morgan fingerprint density at radius 2 is 1.62 bits per heavy atom. The zero-order valence-corrected chi connectivity index (χ0v) is 22.7. The number of para-hydroxylation sites is 1. The molecule has 3 aromatic rings. The number of nitrogens with one attached hydrogen (secondary N) is 2. The normalized spacial score (nSPS) is 11.7. The van der Waals surface area contributed by atoms with Gasteiger partial charge in [-0.2, -0.15) is 0 Å². The number of carbonyl (C=O) groups is 3. The van der Waals surface area contributed by atoms with Crippen LogP contribution < -0.4 is 15.4 Å². The molecule has 0 radical (unpaired) electrons. The number of hydrogen-bond acceptors (Lipinski definition) is 7. The zero-order valence-electron chi connectivity index (χ0n) is 21.2. The van der Waals surface area contributed by atoms with E-state index in [-0.39, 0.29) is 27.7 Å². The van der Waals surface area contributed by atoms with Crippen LogP contribution in [0.1, 0.15) is 36.7 Å². The molecule has 204 valence electrons. The summed E-state index contributed by atoms with van der Waals surface area (Å²) >= 11 is 12.2. The Kier molecular flexibility index (Phi) is 9.50. The third kappa shape index (κ3) is 8.42. The number of esters is 1. The van der Waals surface area contributed by atoms with E-state index in [1.807, 2.05) is 0 Å². The first-order valence-corrected chi connectivity index (χ1v) is 12.4. The fraction of sp³-hybridized carbons (Fsp3) is 0.222. The molecule has 1 atom stereocenters. The second-order valence-electron chi connectivity index (χ2n) is 9.30. The number of benzene rings is 3. The molecule has 0 saturated heterocycles. The number of amides is 2. The highest BCUT2D eigenvalue weighted by atomic mass is 35.5. The molecule has 3 rings (SSSR count). The van der Waals surface area contributed by atoms with Gasteiger partial charge in [-0.05, 0) is 44.5 Å². The lowest BCUT2D eigenvalue weighted by Crippen LogP contribution is -2.46. The number of nitro groups is 1. The zero-order chi connectivity index (χ0) is 28.7. The molecule has 0 spiro atoms. The first-order chi connectivity index (χ1) is 18.3. The molecule has 12 heteroatoms. The molecule has 39 heavy (non-hydrogen) atoms. The Bertz CT molecular complexity index is 1390. The predicted octanol–water partition coefficient (Wildman–Crippen LogP) is 6.20. The van der Waals surface area contributed by atoms with E-state index in [9.17, 15) is 24.5 Å². The van der Waals surface area contributed by atoms with Gasteiger partial charge >= 0.3 is 12.1 Å². The summed E-state index contributed by atoms with van der Waals surface area (Å²) in [7, 11) is 0. The van der Waals surface area contributed by atoms with Gasteiger partial charge in [-0.15, -0.1) is 0 Å². The third-order valence-electron chi connectivity index (χ3n) is 5.08. The van der Waals surface area contributed by atoms with Gasteiger partial charge in [0.05, 0.1) is 27.3 Å². The van der Waals surface area contributed by atoms with Gasteiger partial charge in [-0.25, -0.2) is 9.59 Å². The molecule has 0 unspecified atom stereocenters. The molecule has 0 fully saturated rings. The van der Waals surface area contributed by atoms with Crippen LogP contribution in [0.2, 0.25) is 10.0 Å². The van der Waals surface area contributed by atoms with Crippen molar-refractivity contribution in [1.82, 2.24) is 5.32 Å². The van der Waals surface area contributed by atoms with E-state index in [0.29, 0.717) is 5.56 Å². The van der Waals surface area contributed by atoms with Crippen LogP contribution in [0.3, 0.4) is 0 Å². The SMILES string of the molecule is CC(C)(C)OC(=O)N[C@@H](Cc1ccccc1)C(=O)Oc1cc([N+](=O)[O-])c(Cl)cc1C(=O)Nc1ccccc1Cl. The number of rotatable bonds is 8. The summed E-state index contributed by atoms with van der Waals surface area (Å²) in [5, 5.41) is 16.4. The lowest BCUT2D eigenvalue weighted by molar-refractivity contribution is -0.384. The van der Waals surface area contributed by atoms with Crippen LogP contribution in [0.25, 0.3) is 0 Å². The van der Waals surface area contributed by atoms with E-state index in [0.717, 1.165) is 12.1 Å². The molecule has 3 aromatic carbocycles. The van der Waals surface area contributed by atoms with Gasteiger partial charge in [0.15, 0.2) is 5.75 Å². The number of alkyl carbamates (subject to hydrolysis) is 1. The van der Waals surface area contributed by atoms with Crippen LogP contribution in [0.15, 0.2) is 66.7 Å². The molecule has 0 aliphatic carbocycles. The van der Waals surface area contributed by atoms with Gasteiger partial charge in [0.2, 0.25) is 0 Å². The summed E-state index contributed by atoms with van der Waals surface area (Å²) in [6, 6.07) is 15.8. The van der Waals surface area contributed by atoms with Crippen molar-refractivity contribution in [2.24, 2.45) is 0 Å². The van der Waals surface area contributed by atoms with Crippen LogP contribution in [-0.4, -0.2) is 34.5 Å². The van der Waals surface area contributed by atoms with Gasteiger partial charge in [-0.1, -0.05) is 65.7 Å². The summed E-state index contributed by atoms with van der Waals surface area (Å²) in [6.45, 7) is 4.98. The van der Waals surface area contributed by atoms with E-state index in [1.165, 1.54) is 0 Å². The monoisotopic (exact) mass is 573 g/mol. The number of carbonyl (C=O) groups excluding carboxylic acids is 3. The van der Waals surface area contributed by atoms with Crippen molar-refractivity contribution in [3.8, 4) is 5.75 Å². The van der Waals surface area contributed by atoms with Crippen LogP contribution in [0, 0.1) is 10.1 Å². The molecular formula is C27H25Cl2N3O7. The average molecular weight is 574 g/mol. The van der Waals surface area contributed by atoms with Crippen molar-refractivity contribution in [1.29, 1.82) is 0 Å². The van der Waals surface area contributed by atoms with Crippen LogP contribution in [-0.2, 0) is 16.0 Å². The average Bonchev–Trinajstić information content (AvgIpc) is 2.85. The molecule has 10 nitrogen and oxygen atoms in total. The van der Waals surface area contributed by atoms with E-state index in [1.54, 1.807) is 75.4 Å². The van der Waals surface area contributed by atoms with Crippen LogP contribution in [0.4, 0.5) is 16.2 Å². The molecule has 0 saturated carbocycles. The first-order valence-electron chi connectivity index (χ1n) is 11.6. The largest absolute Gasteiger partial charge is 0.444 e. The number of hydrogen-bond donors (Lipinski definition) is 2. The molecule has 2 amide bonds. The topological polar surface area (TPSA) is 137 Å². The maximum atomic E-state index is 13.3. The number of anilines is 1. The maximum Gasteiger partial charge on any atom is 0.408 e. The Morgan fingerprint density at radius 1 is 0.974 bits per heavy atom. The van der Waals surface area contributed by atoms with Crippen molar-refractivity contribution < 1.29 is 28.8 Å². The molecule has 0 heterocycles. The minimum atomic E-state index is -1.27. The Morgan fingerprint density at radius 3 is 2.23 bits per heavy atom. The van der Waals surface area contributed by atoms with E-state index in [4.69, 9.17) is 32.7 Å². The molecule has 0 aliphatic rings. The predicted molar refractivity (Wildman–Crippen MR) is 146 cm³/mol. The number of nitro benzene ring substituents is 1. The highest BCUT2D eigenvalue weighted by molar-refractivity contribution is 6.34. The third-order valence-corrected chi connectivity index (χ3v) is 5.71. The molecule has 2 N–H and O–H groups in total. The second kappa shape index (κ2) is 12.6. The summed E-state index contributed by atoms with van der Waals surface area (Å²) in [5.41, 5.74) is -0.756. The highest BCUT2D eigenvalue weighted by Crippen LogP contribution is 2.34. The quantitative estimate of drug-likeness (QED) is 0.142. The van der Waals surface area contributed by atoms with Crippen molar-refractivity contribution in [2.75, 3.05) is 5.32 Å². The van der Waals surface area contributed by atoms with Crippen molar-refractivity contribution in [3.63, 3.8) is 0 Å². The number of nitrogens with zero attached hydrogens (tertiary/aromatic N) is 1. The molecule has 0 aromatic heterocycles. The fourth-order valence-electron chi connectivity index (χ4n) is 3.37. The smallest absolute Gasteiger partial charge is 0.408 e. The Balaban J connectivity index is 1.96. The minimum absolute atomic E-state index is 0.00967. The van der Waals surface area contributed by atoms with Crippen molar-refractivity contribution in [3.05, 3.63) is 98.0 Å². The summed E-state index contributed by atoms with van der Waals surface area (Å²) in [5.74, 6) is -2.22. The molecular weight excluding hydrogens is 549 g/mol.